The molecule has 4 nitrogen and oxygen atoms in total. The number of nitrogens with two attached hydrogens (primary N) is 1. The maximum absolute atomic E-state index is 12.3. The fourth-order valence-corrected chi connectivity index (χ4v) is 0.854. The smallest absolute Gasteiger partial charge is 0.336 e. The van der Waals surface area contributed by atoms with Crippen LogP contribution in [0.1, 0.15) is 20.4 Å². The van der Waals surface area contributed by atoms with E-state index in [1.54, 1.807) is 13.8 Å². The van der Waals surface area contributed by atoms with E-state index in [0.29, 0.717) is 4.68 Å². The zero-order valence-corrected chi connectivity index (χ0v) is 8.08. The van der Waals surface area contributed by atoms with Crippen LogP contribution >= 0.6 is 0 Å². The molecule has 0 aliphatic rings. The number of ether oxygens (including phenoxy) is 1. The molecule has 1 aromatic heterocycles. The van der Waals surface area contributed by atoms with E-state index in [1.165, 1.54) is 12.3 Å². The molecule has 1 aromatic rings. The van der Waals surface area contributed by atoms with E-state index in [0.717, 1.165) is 0 Å². The number of halogens is 2. The van der Waals surface area contributed by atoms with Crippen molar-refractivity contribution >= 4 is 0 Å². The van der Waals surface area contributed by atoms with Gasteiger partial charge in [-0.25, -0.2) is 0 Å². The first-order valence-electron chi connectivity index (χ1n) is 4.17. The van der Waals surface area contributed by atoms with Gasteiger partial charge in [-0.05, 0) is 13.8 Å². The van der Waals surface area contributed by atoms with Crippen LogP contribution in [0.15, 0.2) is 12.3 Å². The highest BCUT2D eigenvalue weighted by Crippen LogP contribution is 2.22. The molecule has 0 saturated heterocycles. The third-order valence-corrected chi connectivity index (χ3v) is 1.69. The van der Waals surface area contributed by atoms with Crippen molar-refractivity contribution in [3.05, 3.63) is 12.3 Å². The van der Waals surface area contributed by atoms with Crippen LogP contribution in [0.5, 0.6) is 5.88 Å². The molecule has 80 valence electrons. The monoisotopic (exact) mass is 205 g/mol. The van der Waals surface area contributed by atoms with Crippen molar-refractivity contribution in [2.24, 2.45) is 5.73 Å². The van der Waals surface area contributed by atoms with Crippen molar-refractivity contribution in [2.75, 3.05) is 6.54 Å². The molecule has 1 rings (SSSR count). The van der Waals surface area contributed by atoms with Crippen LogP contribution in [-0.4, -0.2) is 21.9 Å². The molecule has 0 spiro atoms. The summed E-state index contributed by atoms with van der Waals surface area (Å²) in [6.45, 7) is 0.973. The summed E-state index contributed by atoms with van der Waals surface area (Å²) in [5.74, 6) is 0.0236. The maximum Gasteiger partial charge on any atom is 0.336 e. The summed E-state index contributed by atoms with van der Waals surface area (Å²) in [6, 6.07) is 1.38. The average molecular weight is 205 g/mol. The van der Waals surface area contributed by atoms with Gasteiger partial charge in [0.15, 0.2) is 0 Å². The third kappa shape index (κ3) is 2.41. The van der Waals surface area contributed by atoms with Gasteiger partial charge in [-0.3, -0.25) is 0 Å². The lowest BCUT2D eigenvalue weighted by Crippen LogP contribution is -2.37. The Morgan fingerprint density at radius 1 is 1.64 bits per heavy atom. The van der Waals surface area contributed by atoms with Crippen LogP contribution in [-0.2, 0) is 0 Å². The molecule has 14 heavy (non-hydrogen) atoms. The fourth-order valence-electron chi connectivity index (χ4n) is 0.854. The Labute approximate surface area is 80.6 Å². The standard InChI is InChI=1S/C8H13F2N3O/c1-8(2,5-11)14-6-3-4-12-13(6)7(9)10/h3-4,7H,5,11H2,1-2H3. The lowest BCUT2D eigenvalue weighted by Gasteiger charge is -2.24. The van der Waals surface area contributed by atoms with Gasteiger partial charge < -0.3 is 10.5 Å². The van der Waals surface area contributed by atoms with Crippen LogP contribution in [0, 0.1) is 0 Å². The number of rotatable bonds is 4. The van der Waals surface area contributed by atoms with Crippen molar-refractivity contribution in [1.29, 1.82) is 0 Å². The molecule has 0 atom stereocenters. The molecule has 0 aliphatic carbocycles. The van der Waals surface area contributed by atoms with Gasteiger partial charge in [-0.15, -0.1) is 0 Å². The van der Waals surface area contributed by atoms with Crippen LogP contribution in [0.2, 0.25) is 0 Å². The first-order valence-corrected chi connectivity index (χ1v) is 4.17. The Balaban J connectivity index is 2.81. The maximum atomic E-state index is 12.3. The predicted octanol–water partition coefficient (Wildman–Crippen LogP) is 1.39. The minimum atomic E-state index is -2.70. The number of hydrogen-bond donors (Lipinski definition) is 1. The normalized spacial score (nSPS) is 12.1. The van der Waals surface area contributed by atoms with E-state index in [4.69, 9.17) is 10.5 Å². The molecule has 0 fully saturated rings. The summed E-state index contributed by atoms with van der Waals surface area (Å²) < 4.78 is 30.4. The van der Waals surface area contributed by atoms with Crippen molar-refractivity contribution in [1.82, 2.24) is 9.78 Å². The molecule has 0 aromatic carbocycles. The van der Waals surface area contributed by atoms with Crippen molar-refractivity contribution in [3.8, 4) is 5.88 Å². The van der Waals surface area contributed by atoms with Gasteiger partial charge in [0, 0.05) is 12.6 Å². The van der Waals surface area contributed by atoms with Gasteiger partial charge in [0.25, 0.3) is 0 Å². The summed E-state index contributed by atoms with van der Waals surface area (Å²) >= 11 is 0. The van der Waals surface area contributed by atoms with Crippen LogP contribution < -0.4 is 10.5 Å². The molecule has 0 bridgehead atoms. The van der Waals surface area contributed by atoms with Crippen molar-refractivity contribution in [2.45, 2.75) is 26.0 Å². The second-order valence-corrected chi connectivity index (χ2v) is 3.46. The van der Waals surface area contributed by atoms with Gasteiger partial charge in [-0.1, -0.05) is 0 Å². The van der Waals surface area contributed by atoms with E-state index in [-0.39, 0.29) is 12.4 Å². The Hall–Kier alpha value is -1.17. The molecule has 0 aliphatic heterocycles. The van der Waals surface area contributed by atoms with E-state index >= 15 is 0 Å². The molecule has 2 N–H and O–H groups in total. The van der Waals surface area contributed by atoms with Gasteiger partial charge >= 0.3 is 6.55 Å². The molecule has 0 radical (unpaired) electrons. The van der Waals surface area contributed by atoms with E-state index in [1.807, 2.05) is 0 Å². The highest BCUT2D eigenvalue weighted by atomic mass is 19.3. The molecule has 0 unspecified atom stereocenters. The van der Waals surface area contributed by atoms with E-state index in [2.05, 4.69) is 5.10 Å². The summed E-state index contributed by atoms with van der Waals surface area (Å²) in [4.78, 5) is 0. The average Bonchev–Trinajstić information content (AvgIpc) is 2.51. The topological polar surface area (TPSA) is 53.1 Å². The molecule has 1 heterocycles. The number of alkyl halides is 2. The van der Waals surface area contributed by atoms with Crippen LogP contribution in [0.3, 0.4) is 0 Å². The zero-order chi connectivity index (χ0) is 10.8. The Bertz CT molecular complexity index is 299. The first-order chi connectivity index (χ1) is 6.46. The SMILES string of the molecule is CC(C)(CN)Oc1ccnn1C(F)F. The molecule has 0 amide bonds. The fraction of sp³-hybridized carbons (Fsp3) is 0.625. The minimum absolute atomic E-state index is 0.0236. The molecule has 0 saturated carbocycles. The number of nitrogens with zero attached hydrogens (tertiary/aromatic N) is 2. The Morgan fingerprint density at radius 2 is 2.29 bits per heavy atom. The molecule has 6 heteroatoms. The van der Waals surface area contributed by atoms with Gasteiger partial charge in [-0.2, -0.15) is 18.6 Å². The zero-order valence-electron chi connectivity index (χ0n) is 8.08. The van der Waals surface area contributed by atoms with E-state index < -0.39 is 12.2 Å². The second-order valence-electron chi connectivity index (χ2n) is 3.46. The highest BCUT2D eigenvalue weighted by Gasteiger charge is 2.21. The quantitative estimate of drug-likeness (QED) is 0.808. The summed E-state index contributed by atoms with van der Waals surface area (Å²) in [7, 11) is 0. The van der Waals surface area contributed by atoms with Gasteiger partial charge in [0.2, 0.25) is 5.88 Å². The van der Waals surface area contributed by atoms with Gasteiger partial charge in [0.05, 0.1) is 6.20 Å². The van der Waals surface area contributed by atoms with Gasteiger partial charge in [0.1, 0.15) is 5.60 Å². The van der Waals surface area contributed by atoms with Crippen LogP contribution in [0.4, 0.5) is 8.78 Å². The van der Waals surface area contributed by atoms with Crippen molar-refractivity contribution in [3.63, 3.8) is 0 Å². The summed E-state index contributed by atoms with van der Waals surface area (Å²) in [6.07, 6.45) is 1.26. The highest BCUT2D eigenvalue weighted by molar-refractivity contribution is 5.09. The Kier molecular flexibility index (Phi) is 3.05. The lowest BCUT2D eigenvalue weighted by molar-refractivity contribution is 0.0274. The van der Waals surface area contributed by atoms with Crippen LogP contribution in [0.25, 0.3) is 0 Å². The van der Waals surface area contributed by atoms with Crippen molar-refractivity contribution < 1.29 is 13.5 Å². The predicted molar refractivity (Wildman–Crippen MR) is 47.2 cm³/mol. The number of hydrogen-bond acceptors (Lipinski definition) is 3. The third-order valence-electron chi connectivity index (χ3n) is 1.69. The van der Waals surface area contributed by atoms with E-state index in [9.17, 15) is 8.78 Å². The largest absolute Gasteiger partial charge is 0.470 e. The molecular formula is C8H13F2N3O. The second kappa shape index (κ2) is 3.91. The Morgan fingerprint density at radius 3 is 2.79 bits per heavy atom. The lowest BCUT2D eigenvalue weighted by atomic mass is 10.1. The summed E-state index contributed by atoms with van der Waals surface area (Å²) in [5, 5.41) is 3.44. The number of aromatic nitrogens is 2. The minimum Gasteiger partial charge on any atom is -0.470 e. The first kappa shape index (κ1) is 10.9. The molecular weight excluding hydrogens is 192 g/mol. The summed E-state index contributed by atoms with van der Waals surface area (Å²) in [5.41, 5.74) is 4.73.